The van der Waals surface area contributed by atoms with E-state index < -0.39 is 0 Å². The standard InChI is InChI=1S/C14H20FN3S/c1-16-14(18-10-12-6-4-8-19-12)17-9-11-5-2-3-7-13(11)15/h2-3,5,7,12H,4,6,8-10H2,1H3,(H2,16,17,18). The fourth-order valence-electron chi connectivity index (χ4n) is 2.06. The van der Waals surface area contributed by atoms with E-state index in [1.165, 1.54) is 24.7 Å². The van der Waals surface area contributed by atoms with Crippen molar-refractivity contribution in [1.29, 1.82) is 0 Å². The highest BCUT2D eigenvalue weighted by atomic mass is 32.2. The van der Waals surface area contributed by atoms with Crippen molar-refractivity contribution < 1.29 is 4.39 Å². The van der Waals surface area contributed by atoms with Gasteiger partial charge in [-0.05, 0) is 24.7 Å². The molecule has 1 fully saturated rings. The molecule has 1 saturated heterocycles. The third kappa shape index (κ3) is 4.42. The molecule has 1 aliphatic heterocycles. The Hall–Kier alpha value is -1.23. The Morgan fingerprint density at radius 3 is 2.95 bits per heavy atom. The van der Waals surface area contributed by atoms with E-state index in [9.17, 15) is 4.39 Å². The molecule has 5 heteroatoms. The fraction of sp³-hybridized carbons (Fsp3) is 0.500. The topological polar surface area (TPSA) is 36.4 Å². The van der Waals surface area contributed by atoms with Crippen LogP contribution in [0.3, 0.4) is 0 Å². The predicted octanol–water partition coefficient (Wildman–Crippen LogP) is 2.39. The minimum absolute atomic E-state index is 0.184. The molecule has 1 unspecified atom stereocenters. The molecular weight excluding hydrogens is 261 g/mol. The van der Waals surface area contributed by atoms with Crippen molar-refractivity contribution in [3.63, 3.8) is 0 Å². The van der Waals surface area contributed by atoms with Gasteiger partial charge in [0.05, 0.1) is 0 Å². The van der Waals surface area contributed by atoms with Gasteiger partial charge in [0.15, 0.2) is 5.96 Å². The number of rotatable bonds is 4. The van der Waals surface area contributed by atoms with E-state index in [1.807, 2.05) is 17.8 Å². The number of nitrogens with one attached hydrogen (secondary N) is 2. The predicted molar refractivity (Wildman–Crippen MR) is 80.1 cm³/mol. The molecule has 0 bridgehead atoms. The van der Waals surface area contributed by atoms with Crippen molar-refractivity contribution in [3.8, 4) is 0 Å². The summed E-state index contributed by atoms with van der Waals surface area (Å²) in [7, 11) is 1.73. The molecular formula is C14H20FN3S. The molecule has 0 amide bonds. The van der Waals surface area contributed by atoms with Crippen molar-refractivity contribution in [2.75, 3.05) is 19.3 Å². The summed E-state index contributed by atoms with van der Waals surface area (Å²) in [5.41, 5.74) is 0.653. The van der Waals surface area contributed by atoms with Crippen LogP contribution in [-0.4, -0.2) is 30.6 Å². The molecule has 2 rings (SSSR count). The van der Waals surface area contributed by atoms with Crippen LogP contribution in [0.1, 0.15) is 18.4 Å². The first kappa shape index (κ1) is 14.2. The van der Waals surface area contributed by atoms with E-state index in [0.29, 0.717) is 17.4 Å². The largest absolute Gasteiger partial charge is 0.355 e. The molecule has 104 valence electrons. The van der Waals surface area contributed by atoms with Gasteiger partial charge >= 0.3 is 0 Å². The lowest BCUT2D eigenvalue weighted by molar-refractivity contribution is 0.604. The second-order valence-corrected chi connectivity index (χ2v) is 5.94. The van der Waals surface area contributed by atoms with Crippen LogP contribution in [0.5, 0.6) is 0 Å². The second-order valence-electron chi connectivity index (χ2n) is 4.53. The number of aliphatic imine (C=N–C) groups is 1. The summed E-state index contributed by atoms with van der Waals surface area (Å²) in [5.74, 6) is 1.81. The average Bonchev–Trinajstić information content (AvgIpc) is 2.94. The van der Waals surface area contributed by atoms with E-state index in [2.05, 4.69) is 15.6 Å². The summed E-state index contributed by atoms with van der Waals surface area (Å²) in [6, 6.07) is 6.79. The van der Waals surface area contributed by atoms with Gasteiger partial charge in [-0.1, -0.05) is 18.2 Å². The Morgan fingerprint density at radius 2 is 2.26 bits per heavy atom. The third-order valence-corrected chi connectivity index (χ3v) is 4.55. The van der Waals surface area contributed by atoms with Crippen LogP contribution in [0.4, 0.5) is 4.39 Å². The highest BCUT2D eigenvalue weighted by Gasteiger charge is 2.15. The van der Waals surface area contributed by atoms with Gasteiger partial charge in [0, 0.05) is 31.0 Å². The van der Waals surface area contributed by atoms with Gasteiger partial charge in [0.2, 0.25) is 0 Å². The number of guanidine groups is 1. The van der Waals surface area contributed by atoms with Gasteiger partial charge < -0.3 is 10.6 Å². The zero-order chi connectivity index (χ0) is 13.5. The van der Waals surface area contributed by atoms with E-state index >= 15 is 0 Å². The minimum atomic E-state index is -0.184. The monoisotopic (exact) mass is 281 g/mol. The van der Waals surface area contributed by atoms with E-state index in [0.717, 1.165) is 12.5 Å². The van der Waals surface area contributed by atoms with Gasteiger partial charge in [0.1, 0.15) is 5.82 Å². The Labute approximate surface area is 118 Å². The first-order valence-electron chi connectivity index (χ1n) is 6.59. The molecule has 19 heavy (non-hydrogen) atoms. The molecule has 1 aromatic carbocycles. The van der Waals surface area contributed by atoms with Crippen molar-refractivity contribution >= 4 is 17.7 Å². The van der Waals surface area contributed by atoms with Crippen molar-refractivity contribution in [2.45, 2.75) is 24.6 Å². The first-order chi connectivity index (χ1) is 9.29. The maximum atomic E-state index is 13.5. The molecule has 3 nitrogen and oxygen atoms in total. The number of nitrogens with zero attached hydrogens (tertiary/aromatic N) is 1. The highest BCUT2D eigenvalue weighted by molar-refractivity contribution is 8.00. The number of thioether (sulfide) groups is 1. The third-order valence-electron chi connectivity index (χ3n) is 3.15. The van der Waals surface area contributed by atoms with Crippen molar-refractivity contribution in [1.82, 2.24) is 10.6 Å². The fourth-order valence-corrected chi connectivity index (χ4v) is 3.26. The lowest BCUT2D eigenvalue weighted by atomic mass is 10.2. The number of hydrogen-bond donors (Lipinski definition) is 2. The maximum absolute atomic E-state index is 13.5. The molecule has 0 aliphatic carbocycles. The van der Waals surface area contributed by atoms with E-state index in [4.69, 9.17) is 0 Å². The SMILES string of the molecule is CN=C(NCc1ccccc1F)NCC1CCCS1. The summed E-state index contributed by atoms with van der Waals surface area (Å²) < 4.78 is 13.5. The Morgan fingerprint density at radius 1 is 1.42 bits per heavy atom. The van der Waals surface area contributed by atoms with Crippen molar-refractivity contribution in [3.05, 3.63) is 35.6 Å². The molecule has 0 radical (unpaired) electrons. The van der Waals surface area contributed by atoms with Gasteiger partial charge in [-0.15, -0.1) is 0 Å². The van der Waals surface area contributed by atoms with Crippen molar-refractivity contribution in [2.24, 2.45) is 4.99 Å². The van der Waals surface area contributed by atoms with Gasteiger partial charge in [0.25, 0.3) is 0 Å². The quantitative estimate of drug-likeness (QED) is 0.657. The molecule has 1 atom stereocenters. The zero-order valence-electron chi connectivity index (χ0n) is 11.2. The lowest BCUT2D eigenvalue weighted by Crippen LogP contribution is -2.39. The zero-order valence-corrected chi connectivity index (χ0v) is 12.0. The Balaban J connectivity index is 1.78. The number of halogens is 1. The smallest absolute Gasteiger partial charge is 0.191 e. The molecule has 1 heterocycles. The average molecular weight is 281 g/mol. The van der Waals surface area contributed by atoms with Crippen LogP contribution in [0, 0.1) is 5.82 Å². The summed E-state index contributed by atoms with van der Waals surface area (Å²) in [5, 5.41) is 7.11. The highest BCUT2D eigenvalue weighted by Crippen LogP contribution is 2.25. The van der Waals surface area contributed by atoms with Crippen LogP contribution < -0.4 is 10.6 Å². The van der Waals surface area contributed by atoms with Gasteiger partial charge in [-0.2, -0.15) is 11.8 Å². The van der Waals surface area contributed by atoms with Gasteiger partial charge in [-0.25, -0.2) is 4.39 Å². The van der Waals surface area contributed by atoms with Crippen LogP contribution >= 0.6 is 11.8 Å². The molecule has 0 aromatic heterocycles. The first-order valence-corrected chi connectivity index (χ1v) is 7.64. The van der Waals surface area contributed by atoms with Crippen LogP contribution in [0.25, 0.3) is 0 Å². The van der Waals surface area contributed by atoms with Crippen LogP contribution in [0.2, 0.25) is 0 Å². The van der Waals surface area contributed by atoms with Gasteiger partial charge in [-0.3, -0.25) is 4.99 Å². The summed E-state index contributed by atoms with van der Waals surface area (Å²) in [6.07, 6.45) is 2.57. The van der Waals surface area contributed by atoms with E-state index in [-0.39, 0.29) is 5.82 Å². The molecule has 0 spiro atoms. The summed E-state index contributed by atoms with van der Waals surface area (Å²) in [4.78, 5) is 4.16. The Kier molecular flexibility index (Phi) is 5.51. The molecule has 0 saturated carbocycles. The molecule has 1 aliphatic rings. The minimum Gasteiger partial charge on any atom is -0.355 e. The number of hydrogen-bond acceptors (Lipinski definition) is 2. The summed E-state index contributed by atoms with van der Waals surface area (Å²) >= 11 is 2.01. The Bertz CT molecular complexity index is 430. The second kappa shape index (κ2) is 7.38. The van der Waals surface area contributed by atoms with E-state index in [1.54, 1.807) is 19.2 Å². The van der Waals surface area contributed by atoms with Crippen LogP contribution in [0.15, 0.2) is 29.3 Å². The normalized spacial score (nSPS) is 19.5. The number of benzene rings is 1. The lowest BCUT2D eigenvalue weighted by Gasteiger charge is -2.15. The maximum Gasteiger partial charge on any atom is 0.191 e. The summed E-state index contributed by atoms with van der Waals surface area (Å²) in [6.45, 7) is 1.37. The molecule has 1 aromatic rings. The molecule has 2 N–H and O–H groups in total. The van der Waals surface area contributed by atoms with Crippen LogP contribution in [-0.2, 0) is 6.54 Å².